The van der Waals surface area contributed by atoms with Crippen molar-refractivity contribution in [3.8, 4) is 0 Å². The molecule has 4 atom stereocenters. The van der Waals surface area contributed by atoms with Crippen molar-refractivity contribution in [2.45, 2.75) is 52.1 Å². The number of esters is 4. The fraction of sp³-hybridized carbons (Fsp3) is 0.643. The Bertz CT molecular complexity index is 473. The monoisotopic (exact) mass is 331 g/mol. The van der Waals surface area contributed by atoms with Crippen LogP contribution in [-0.4, -0.2) is 54.9 Å². The number of hydrogen-bond donors (Lipinski definition) is 0. The number of rotatable bonds is 5. The highest BCUT2D eigenvalue weighted by atomic mass is 16.7. The minimum absolute atomic E-state index is 0.228. The third kappa shape index (κ3) is 6.23. The molecule has 1 heterocycles. The van der Waals surface area contributed by atoms with Gasteiger partial charge in [0.15, 0.2) is 18.3 Å². The van der Waals surface area contributed by atoms with Crippen LogP contribution in [0.1, 0.15) is 27.7 Å². The average molecular weight is 331 g/mol. The van der Waals surface area contributed by atoms with Crippen molar-refractivity contribution in [3.05, 3.63) is 6.61 Å². The maximum atomic E-state index is 11.3. The van der Waals surface area contributed by atoms with Gasteiger partial charge in [-0.2, -0.15) is 0 Å². The summed E-state index contributed by atoms with van der Waals surface area (Å²) in [4.78, 5) is 44.7. The summed E-state index contributed by atoms with van der Waals surface area (Å²) in [5.41, 5.74) is 0. The predicted molar refractivity (Wildman–Crippen MR) is 72.5 cm³/mol. The molecule has 9 heteroatoms. The van der Waals surface area contributed by atoms with Crippen LogP contribution in [0.4, 0.5) is 0 Å². The van der Waals surface area contributed by atoms with E-state index in [-0.39, 0.29) is 6.61 Å². The van der Waals surface area contributed by atoms with Crippen LogP contribution in [-0.2, 0) is 42.9 Å². The molecular formula is C14H19O9. The lowest BCUT2D eigenvalue weighted by atomic mass is 9.99. The lowest BCUT2D eigenvalue weighted by molar-refractivity contribution is -0.217. The summed E-state index contributed by atoms with van der Waals surface area (Å²) < 4.78 is 25.4. The fourth-order valence-electron chi connectivity index (χ4n) is 2.01. The molecule has 1 fully saturated rings. The zero-order valence-corrected chi connectivity index (χ0v) is 13.3. The predicted octanol–water partition coefficient (Wildman–Crippen LogP) is -0.0948. The van der Waals surface area contributed by atoms with E-state index in [9.17, 15) is 19.2 Å². The van der Waals surface area contributed by atoms with E-state index in [2.05, 4.69) is 0 Å². The number of hydrogen-bond acceptors (Lipinski definition) is 9. The first-order valence-corrected chi connectivity index (χ1v) is 6.84. The van der Waals surface area contributed by atoms with Crippen LogP contribution in [0.25, 0.3) is 0 Å². The maximum Gasteiger partial charge on any atom is 0.303 e. The Labute approximate surface area is 133 Å². The summed E-state index contributed by atoms with van der Waals surface area (Å²) in [6, 6.07) is 0. The highest BCUT2D eigenvalue weighted by Gasteiger charge is 2.47. The molecule has 1 aliphatic heterocycles. The summed E-state index contributed by atoms with van der Waals surface area (Å²) in [5.74, 6) is -2.51. The lowest BCUT2D eigenvalue weighted by Crippen LogP contribution is -2.57. The van der Waals surface area contributed by atoms with Gasteiger partial charge in [-0.3, -0.25) is 19.2 Å². The van der Waals surface area contributed by atoms with Gasteiger partial charge in [-0.05, 0) is 0 Å². The molecule has 0 unspecified atom stereocenters. The molecule has 0 spiro atoms. The van der Waals surface area contributed by atoms with Gasteiger partial charge in [0.2, 0.25) is 0 Å². The molecule has 0 N–H and O–H groups in total. The largest absolute Gasteiger partial charge is 0.463 e. The molecule has 1 aliphatic rings. The number of ether oxygens (including phenoxy) is 5. The minimum Gasteiger partial charge on any atom is -0.463 e. The van der Waals surface area contributed by atoms with Gasteiger partial charge in [0.25, 0.3) is 0 Å². The van der Waals surface area contributed by atoms with Crippen LogP contribution < -0.4 is 0 Å². The van der Waals surface area contributed by atoms with Crippen molar-refractivity contribution < 1.29 is 42.9 Å². The molecule has 1 rings (SSSR count). The first-order valence-electron chi connectivity index (χ1n) is 6.84. The molecule has 0 aliphatic carbocycles. The van der Waals surface area contributed by atoms with Crippen molar-refractivity contribution in [3.63, 3.8) is 0 Å². The van der Waals surface area contributed by atoms with E-state index in [0.29, 0.717) is 0 Å². The Hall–Kier alpha value is -2.16. The van der Waals surface area contributed by atoms with Gasteiger partial charge in [-0.25, -0.2) is 0 Å². The SMILES string of the molecule is CC(=O)OC[C@H]1O[CH][C@@H](OC(C)=O)[C@@H](OC(C)=O)[C@@H]1OC(C)=O. The summed E-state index contributed by atoms with van der Waals surface area (Å²) >= 11 is 0. The van der Waals surface area contributed by atoms with Gasteiger partial charge in [0.05, 0.1) is 0 Å². The number of carbonyl (C=O) groups excluding carboxylic acids is 4. The molecule has 129 valence electrons. The van der Waals surface area contributed by atoms with Gasteiger partial charge in [0.1, 0.15) is 19.3 Å². The molecule has 0 aromatic carbocycles. The van der Waals surface area contributed by atoms with Crippen LogP contribution in [0.5, 0.6) is 0 Å². The first-order chi connectivity index (χ1) is 10.7. The highest BCUT2D eigenvalue weighted by Crippen LogP contribution is 2.27. The molecule has 1 radical (unpaired) electrons. The van der Waals surface area contributed by atoms with Gasteiger partial charge in [-0.15, -0.1) is 0 Å². The van der Waals surface area contributed by atoms with Crippen LogP contribution >= 0.6 is 0 Å². The van der Waals surface area contributed by atoms with E-state index in [0.717, 1.165) is 20.5 Å². The smallest absolute Gasteiger partial charge is 0.303 e. The average Bonchev–Trinajstić information content (AvgIpc) is 2.39. The molecular weight excluding hydrogens is 312 g/mol. The summed E-state index contributed by atoms with van der Waals surface area (Å²) in [6.45, 7) is 5.61. The van der Waals surface area contributed by atoms with Gasteiger partial charge in [0, 0.05) is 27.7 Å². The number of carbonyl (C=O) groups is 4. The van der Waals surface area contributed by atoms with Crippen molar-refractivity contribution in [2.75, 3.05) is 6.61 Å². The van der Waals surface area contributed by atoms with Crippen LogP contribution in [0.2, 0.25) is 0 Å². The van der Waals surface area contributed by atoms with E-state index in [1.807, 2.05) is 0 Å². The standard InChI is InChI=1S/C14H19O9/c1-7(15)19-5-11-13(22-9(3)17)14(23-10(4)18)12(6-20-11)21-8(2)16/h6,11-14H,5H2,1-4H3/t11-,12-,13-,14-/m1/s1. The van der Waals surface area contributed by atoms with E-state index < -0.39 is 48.3 Å². The van der Waals surface area contributed by atoms with Crippen molar-refractivity contribution in [1.29, 1.82) is 0 Å². The topological polar surface area (TPSA) is 114 Å². The van der Waals surface area contributed by atoms with E-state index in [4.69, 9.17) is 23.7 Å². The van der Waals surface area contributed by atoms with Crippen LogP contribution in [0.15, 0.2) is 0 Å². The molecule has 0 bridgehead atoms. The Morgan fingerprint density at radius 1 is 0.826 bits per heavy atom. The van der Waals surface area contributed by atoms with Crippen molar-refractivity contribution in [2.24, 2.45) is 0 Å². The van der Waals surface area contributed by atoms with Gasteiger partial charge in [-0.1, -0.05) is 0 Å². The molecule has 1 saturated heterocycles. The molecule has 0 saturated carbocycles. The second-order valence-electron chi connectivity index (χ2n) is 4.84. The van der Waals surface area contributed by atoms with E-state index in [1.165, 1.54) is 13.8 Å². The molecule has 0 amide bonds. The second kappa shape index (κ2) is 8.47. The Morgan fingerprint density at radius 3 is 1.83 bits per heavy atom. The fourth-order valence-corrected chi connectivity index (χ4v) is 2.01. The highest BCUT2D eigenvalue weighted by molar-refractivity contribution is 5.68. The normalized spacial score (nSPS) is 26.8. The Morgan fingerprint density at radius 2 is 1.35 bits per heavy atom. The first kappa shape index (κ1) is 18.9. The zero-order chi connectivity index (χ0) is 17.6. The quantitative estimate of drug-likeness (QED) is 0.503. The minimum atomic E-state index is -1.12. The molecule has 0 aromatic heterocycles. The third-order valence-corrected chi connectivity index (χ3v) is 2.76. The molecule has 23 heavy (non-hydrogen) atoms. The van der Waals surface area contributed by atoms with Crippen molar-refractivity contribution in [1.82, 2.24) is 0 Å². The Balaban J connectivity index is 2.98. The van der Waals surface area contributed by atoms with Crippen molar-refractivity contribution >= 4 is 23.9 Å². The van der Waals surface area contributed by atoms with E-state index >= 15 is 0 Å². The lowest BCUT2D eigenvalue weighted by Gasteiger charge is -2.39. The summed E-state index contributed by atoms with van der Waals surface area (Å²) in [7, 11) is 0. The third-order valence-electron chi connectivity index (χ3n) is 2.76. The second-order valence-corrected chi connectivity index (χ2v) is 4.84. The maximum absolute atomic E-state index is 11.3. The van der Waals surface area contributed by atoms with Gasteiger partial charge < -0.3 is 23.7 Å². The van der Waals surface area contributed by atoms with Crippen LogP contribution in [0, 0.1) is 6.61 Å². The summed E-state index contributed by atoms with van der Waals surface area (Å²) in [5, 5.41) is 0. The zero-order valence-electron chi connectivity index (χ0n) is 13.3. The Kier molecular flexibility index (Phi) is 6.95. The molecule has 9 nitrogen and oxygen atoms in total. The summed E-state index contributed by atoms with van der Waals surface area (Å²) in [6.07, 6.45) is -4.19. The van der Waals surface area contributed by atoms with E-state index in [1.54, 1.807) is 0 Å². The molecule has 0 aromatic rings. The van der Waals surface area contributed by atoms with Crippen LogP contribution in [0.3, 0.4) is 0 Å². The van der Waals surface area contributed by atoms with Gasteiger partial charge >= 0.3 is 23.9 Å².